The first kappa shape index (κ1) is 11.2. The molecular formula is C10H14N4O. The molecule has 1 aromatic rings. The number of anilines is 1. The van der Waals surface area contributed by atoms with Crippen LogP contribution in [0.4, 0.5) is 5.69 Å². The Labute approximate surface area is 88.5 Å². The lowest BCUT2D eigenvalue weighted by Crippen LogP contribution is -2.29. The first-order chi connectivity index (χ1) is 6.88. The molecular weight excluding hydrogens is 192 g/mol. The quantitative estimate of drug-likeness (QED) is 0.769. The minimum Gasteiger partial charge on any atom is -0.322 e. The fourth-order valence-corrected chi connectivity index (χ4v) is 1.06. The van der Waals surface area contributed by atoms with Crippen molar-refractivity contribution in [1.29, 1.82) is 5.26 Å². The number of hydrogen-bond donors (Lipinski definition) is 2. The van der Waals surface area contributed by atoms with Crippen LogP contribution in [-0.4, -0.2) is 16.1 Å². The molecule has 5 heteroatoms. The molecule has 0 aliphatic heterocycles. The number of H-pyrrole nitrogens is 1. The van der Waals surface area contributed by atoms with E-state index in [4.69, 9.17) is 5.26 Å². The number of hydrogen-bond acceptors (Lipinski definition) is 3. The number of carbonyl (C=O) groups excluding carboxylic acids is 1. The van der Waals surface area contributed by atoms with E-state index in [0.717, 1.165) is 11.4 Å². The van der Waals surface area contributed by atoms with Crippen LogP contribution in [0.5, 0.6) is 0 Å². The van der Waals surface area contributed by atoms with Gasteiger partial charge in [0.25, 0.3) is 0 Å². The average molecular weight is 206 g/mol. The Bertz CT molecular complexity index is 406. The molecule has 1 heterocycles. The summed E-state index contributed by atoms with van der Waals surface area (Å²) >= 11 is 0. The molecule has 0 saturated heterocycles. The van der Waals surface area contributed by atoms with Gasteiger partial charge in [0.15, 0.2) is 0 Å². The maximum Gasteiger partial charge on any atom is 0.244 e. The van der Waals surface area contributed by atoms with Crippen LogP contribution in [-0.2, 0) is 4.79 Å². The Morgan fingerprint density at radius 3 is 2.53 bits per heavy atom. The van der Waals surface area contributed by atoms with Crippen molar-refractivity contribution in [2.75, 3.05) is 5.32 Å². The largest absolute Gasteiger partial charge is 0.322 e. The molecule has 0 spiro atoms. The number of amides is 1. The van der Waals surface area contributed by atoms with Crippen molar-refractivity contribution in [3.05, 3.63) is 11.4 Å². The highest BCUT2D eigenvalue weighted by Crippen LogP contribution is 2.21. The normalized spacial score (nSPS) is 10.9. The Morgan fingerprint density at radius 1 is 1.53 bits per heavy atom. The molecule has 80 valence electrons. The number of nitriles is 1. The lowest BCUT2D eigenvalue weighted by Gasteiger charge is -2.14. The second kappa shape index (κ2) is 3.73. The number of carbonyl (C=O) groups is 1. The van der Waals surface area contributed by atoms with Crippen molar-refractivity contribution in [3.8, 4) is 6.07 Å². The molecule has 0 atom stereocenters. The molecule has 1 rings (SSSR count). The van der Waals surface area contributed by atoms with Gasteiger partial charge in [0.2, 0.25) is 5.91 Å². The predicted molar refractivity (Wildman–Crippen MR) is 56.1 cm³/mol. The summed E-state index contributed by atoms with van der Waals surface area (Å²) in [5.74, 6) is -0.322. The zero-order valence-electron chi connectivity index (χ0n) is 9.30. The van der Waals surface area contributed by atoms with Crippen LogP contribution < -0.4 is 5.32 Å². The van der Waals surface area contributed by atoms with Crippen LogP contribution in [0.15, 0.2) is 0 Å². The maximum absolute atomic E-state index is 11.7. The fraction of sp³-hybridized carbons (Fsp3) is 0.500. The van der Waals surface area contributed by atoms with Crippen molar-refractivity contribution >= 4 is 11.6 Å². The molecule has 0 aromatic carbocycles. The van der Waals surface area contributed by atoms with Crippen molar-refractivity contribution < 1.29 is 4.79 Å². The minimum atomic E-state index is -1.03. The molecule has 5 nitrogen and oxygen atoms in total. The lowest BCUT2D eigenvalue weighted by atomic mass is 9.94. The lowest BCUT2D eigenvalue weighted by molar-refractivity contribution is -0.121. The molecule has 0 saturated carbocycles. The molecule has 0 aliphatic rings. The van der Waals surface area contributed by atoms with Crippen LogP contribution in [0.3, 0.4) is 0 Å². The van der Waals surface area contributed by atoms with Crippen molar-refractivity contribution in [2.24, 2.45) is 5.41 Å². The Hall–Kier alpha value is -1.83. The summed E-state index contributed by atoms with van der Waals surface area (Å²) in [5, 5.41) is 18.2. The predicted octanol–water partition coefficient (Wildman–Crippen LogP) is 1.51. The topological polar surface area (TPSA) is 81.6 Å². The standard InChI is InChI=1S/C10H14N4O/c1-6-8(7(2)14-13-6)12-9(15)10(3,4)5-11/h1-4H3,(H,12,15)(H,13,14). The summed E-state index contributed by atoms with van der Waals surface area (Å²) < 4.78 is 0. The van der Waals surface area contributed by atoms with E-state index < -0.39 is 5.41 Å². The molecule has 0 fully saturated rings. The van der Waals surface area contributed by atoms with Gasteiger partial charge in [-0.25, -0.2) is 0 Å². The van der Waals surface area contributed by atoms with Crippen molar-refractivity contribution in [3.63, 3.8) is 0 Å². The van der Waals surface area contributed by atoms with E-state index in [9.17, 15) is 4.79 Å². The van der Waals surface area contributed by atoms with Gasteiger partial charge in [-0.15, -0.1) is 0 Å². The first-order valence-electron chi connectivity index (χ1n) is 4.62. The maximum atomic E-state index is 11.7. The Morgan fingerprint density at radius 2 is 2.13 bits per heavy atom. The summed E-state index contributed by atoms with van der Waals surface area (Å²) in [5.41, 5.74) is 1.13. The van der Waals surface area contributed by atoms with Gasteiger partial charge in [0.05, 0.1) is 23.1 Å². The van der Waals surface area contributed by atoms with Crippen LogP contribution in [0.25, 0.3) is 0 Å². The third-order valence-electron chi connectivity index (χ3n) is 2.21. The van der Waals surface area contributed by atoms with Gasteiger partial charge >= 0.3 is 0 Å². The third-order valence-corrected chi connectivity index (χ3v) is 2.21. The van der Waals surface area contributed by atoms with E-state index in [0.29, 0.717) is 5.69 Å². The van der Waals surface area contributed by atoms with Gasteiger partial charge < -0.3 is 5.32 Å². The van der Waals surface area contributed by atoms with Gasteiger partial charge in [-0.3, -0.25) is 9.89 Å². The molecule has 0 radical (unpaired) electrons. The van der Waals surface area contributed by atoms with Gasteiger partial charge in [-0.2, -0.15) is 10.4 Å². The Kier molecular flexibility index (Phi) is 2.80. The number of aryl methyl sites for hydroxylation is 2. The molecule has 1 aromatic heterocycles. The minimum absolute atomic E-state index is 0.322. The fourth-order valence-electron chi connectivity index (χ4n) is 1.06. The van der Waals surface area contributed by atoms with E-state index in [1.54, 1.807) is 20.8 Å². The molecule has 0 aliphatic carbocycles. The van der Waals surface area contributed by atoms with Gasteiger partial charge in [0, 0.05) is 0 Å². The second-order valence-electron chi connectivity index (χ2n) is 4.00. The van der Waals surface area contributed by atoms with Gasteiger partial charge in [0.1, 0.15) is 5.41 Å². The number of aromatic amines is 1. The van der Waals surface area contributed by atoms with Crippen molar-refractivity contribution in [1.82, 2.24) is 10.2 Å². The van der Waals surface area contributed by atoms with Crippen LogP contribution >= 0.6 is 0 Å². The van der Waals surface area contributed by atoms with E-state index >= 15 is 0 Å². The van der Waals surface area contributed by atoms with E-state index in [1.165, 1.54) is 0 Å². The summed E-state index contributed by atoms with van der Waals surface area (Å²) in [6, 6.07) is 1.95. The smallest absolute Gasteiger partial charge is 0.244 e. The van der Waals surface area contributed by atoms with Crippen LogP contribution in [0, 0.1) is 30.6 Å². The first-order valence-corrected chi connectivity index (χ1v) is 4.62. The van der Waals surface area contributed by atoms with Crippen LogP contribution in [0.2, 0.25) is 0 Å². The summed E-state index contributed by atoms with van der Waals surface area (Å²) in [7, 11) is 0. The van der Waals surface area contributed by atoms with Crippen molar-refractivity contribution in [2.45, 2.75) is 27.7 Å². The zero-order chi connectivity index (χ0) is 11.6. The molecule has 0 unspecified atom stereocenters. The van der Waals surface area contributed by atoms with E-state index in [1.807, 2.05) is 13.0 Å². The number of aromatic nitrogens is 2. The molecule has 2 N–H and O–H groups in total. The molecule has 15 heavy (non-hydrogen) atoms. The number of nitrogens with one attached hydrogen (secondary N) is 2. The summed E-state index contributed by atoms with van der Waals surface area (Å²) in [6.45, 7) is 6.76. The third kappa shape index (κ3) is 2.15. The van der Waals surface area contributed by atoms with E-state index in [2.05, 4.69) is 15.5 Å². The second-order valence-corrected chi connectivity index (χ2v) is 4.00. The summed E-state index contributed by atoms with van der Waals surface area (Å²) in [4.78, 5) is 11.7. The Balaban J connectivity index is 2.90. The zero-order valence-corrected chi connectivity index (χ0v) is 9.30. The van der Waals surface area contributed by atoms with Crippen LogP contribution in [0.1, 0.15) is 25.2 Å². The highest BCUT2D eigenvalue weighted by atomic mass is 16.2. The highest BCUT2D eigenvalue weighted by Gasteiger charge is 2.28. The molecule has 1 amide bonds. The SMILES string of the molecule is Cc1n[nH]c(C)c1NC(=O)C(C)(C)C#N. The van der Waals surface area contributed by atoms with E-state index in [-0.39, 0.29) is 5.91 Å². The number of rotatable bonds is 2. The summed E-state index contributed by atoms with van der Waals surface area (Å²) in [6.07, 6.45) is 0. The monoisotopic (exact) mass is 206 g/mol. The number of nitrogens with zero attached hydrogens (tertiary/aromatic N) is 2. The van der Waals surface area contributed by atoms with Gasteiger partial charge in [-0.1, -0.05) is 0 Å². The highest BCUT2D eigenvalue weighted by molar-refractivity contribution is 5.97. The molecule has 0 bridgehead atoms. The van der Waals surface area contributed by atoms with Gasteiger partial charge in [-0.05, 0) is 27.7 Å². The average Bonchev–Trinajstić information content (AvgIpc) is 2.49.